The lowest BCUT2D eigenvalue weighted by Crippen LogP contribution is -2.05. The number of aliphatic hydroxyl groups excluding tert-OH is 1. The minimum atomic E-state index is -0.855. The number of ether oxygens (including phenoxy) is 2. The Hall–Kier alpha value is -2.20. The van der Waals surface area contributed by atoms with E-state index in [1.54, 1.807) is 44.6 Å². The van der Waals surface area contributed by atoms with Crippen molar-refractivity contribution in [2.24, 2.45) is 0 Å². The molecule has 4 nitrogen and oxygen atoms in total. The van der Waals surface area contributed by atoms with Crippen molar-refractivity contribution in [3.05, 3.63) is 53.6 Å². The van der Waals surface area contributed by atoms with Gasteiger partial charge in [-0.05, 0) is 24.3 Å². The van der Waals surface area contributed by atoms with Gasteiger partial charge in [0.05, 0.1) is 14.2 Å². The van der Waals surface area contributed by atoms with Gasteiger partial charge in [0.2, 0.25) is 0 Å². The largest absolute Gasteiger partial charge is 0.497 e. The third-order valence-electron chi connectivity index (χ3n) is 3.02. The molecule has 1 atom stereocenters. The molecular formula is C15H17NO3. The molecule has 2 rings (SSSR count). The average Bonchev–Trinajstić information content (AvgIpc) is 2.46. The molecule has 1 unspecified atom stereocenters. The second kappa shape index (κ2) is 5.63. The van der Waals surface area contributed by atoms with Gasteiger partial charge in [0, 0.05) is 16.8 Å². The summed E-state index contributed by atoms with van der Waals surface area (Å²) in [6.07, 6.45) is -0.855. The molecule has 0 saturated carbocycles. The second-order valence-electron chi connectivity index (χ2n) is 4.14. The van der Waals surface area contributed by atoms with Crippen LogP contribution in [0.4, 0.5) is 5.69 Å². The van der Waals surface area contributed by atoms with Gasteiger partial charge in [-0.2, -0.15) is 0 Å². The Morgan fingerprint density at radius 3 is 2.37 bits per heavy atom. The number of nitrogen functional groups attached to an aromatic ring is 1. The van der Waals surface area contributed by atoms with Crippen LogP contribution in [0.2, 0.25) is 0 Å². The van der Waals surface area contributed by atoms with Gasteiger partial charge in [0.1, 0.15) is 17.6 Å². The SMILES string of the molecule is COc1ccc(OC)c(C(O)c2ccccc2N)c1. The Kier molecular flexibility index (Phi) is 3.92. The summed E-state index contributed by atoms with van der Waals surface area (Å²) >= 11 is 0. The molecule has 0 aliphatic rings. The molecule has 2 aromatic carbocycles. The average molecular weight is 259 g/mol. The fraction of sp³-hybridized carbons (Fsp3) is 0.200. The summed E-state index contributed by atoms with van der Waals surface area (Å²) in [4.78, 5) is 0. The van der Waals surface area contributed by atoms with Crippen LogP contribution in [0.3, 0.4) is 0 Å². The van der Waals surface area contributed by atoms with E-state index in [2.05, 4.69) is 0 Å². The molecule has 0 fully saturated rings. The van der Waals surface area contributed by atoms with Crippen molar-refractivity contribution in [3.63, 3.8) is 0 Å². The Morgan fingerprint density at radius 1 is 1.00 bits per heavy atom. The minimum Gasteiger partial charge on any atom is -0.497 e. The van der Waals surface area contributed by atoms with Crippen LogP contribution in [-0.2, 0) is 0 Å². The minimum absolute atomic E-state index is 0.542. The van der Waals surface area contributed by atoms with Gasteiger partial charge in [-0.25, -0.2) is 0 Å². The lowest BCUT2D eigenvalue weighted by Gasteiger charge is -2.17. The lowest BCUT2D eigenvalue weighted by atomic mass is 9.99. The molecule has 100 valence electrons. The van der Waals surface area contributed by atoms with E-state index in [4.69, 9.17) is 15.2 Å². The Labute approximate surface area is 112 Å². The molecule has 0 amide bonds. The van der Waals surface area contributed by atoms with Gasteiger partial charge in [-0.3, -0.25) is 0 Å². The Bertz CT molecular complexity index is 569. The summed E-state index contributed by atoms with van der Waals surface area (Å²) in [5.41, 5.74) is 7.70. The quantitative estimate of drug-likeness (QED) is 0.827. The summed E-state index contributed by atoms with van der Waals surface area (Å²) in [6, 6.07) is 12.5. The monoisotopic (exact) mass is 259 g/mol. The van der Waals surface area contributed by atoms with Crippen LogP contribution < -0.4 is 15.2 Å². The number of anilines is 1. The van der Waals surface area contributed by atoms with Crippen molar-refractivity contribution in [1.29, 1.82) is 0 Å². The molecular weight excluding hydrogens is 242 g/mol. The number of nitrogens with two attached hydrogens (primary N) is 1. The van der Waals surface area contributed by atoms with Crippen LogP contribution in [0.1, 0.15) is 17.2 Å². The second-order valence-corrected chi connectivity index (χ2v) is 4.14. The van der Waals surface area contributed by atoms with Crippen molar-refractivity contribution < 1.29 is 14.6 Å². The van der Waals surface area contributed by atoms with Gasteiger partial charge in [-0.15, -0.1) is 0 Å². The van der Waals surface area contributed by atoms with Gasteiger partial charge in [-0.1, -0.05) is 18.2 Å². The van der Waals surface area contributed by atoms with E-state index < -0.39 is 6.10 Å². The first-order chi connectivity index (χ1) is 9.17. The number of benzene rings is 2. The van der Waals surface area contributed by atoms with Crippen LogP contribution in [-0.4, -0.2) is 19.3 Å². The number of hydrogen-bond donors (Lipinski definition) is 2. The molecule has 4 heteroatoms. The number of rotatable bonds is 4. The molecule has 0 aromatic heterocycles. The summed E-state index contributed by atoms with van der Waals surface area (Å²) < 4.78 is 10.4. The Morgan fingerprint density at radius 2 is 1.74 bits per heavy atom. The summed E-state index contributed by atoms with van der Waals surface area (Å²) in [5.74, 6) is 1.25. The van der Waals surface area contributed by atoms with E-state index in [-0.39, 0.29) is 0 Å². The van der Waals surface area contributed by atoms with Crippen LogP contribution in [0.15, 0.2) is 42.5 Å². The third-order valence-corrected chi connectivity index (χ3v) is 3.02. The maximum atomic E-state index is 10.5. The molecule has 0 bridgehead atoms. The maximum absolute atomic E-state index is 10.5. The fourth-order valence-electron chi connectivity index (χ4n) is 1.98. The van der Waals surface area contributed by atoms with E-state index in [0.717, 1.165) is 0 Å². The van der Waals surface area contributed by atoms with Crippen LogP contribution in [0.25, 0.3) is 0 Å². The summed E-state index contributed by atoms with van der Waals surface area (Å²) in [7, 11) is 3.14. The number of hydrogen-bond acceptors (Lipinski definition) is 4. The third kappa shape index (κ3) is 2.63. The van der Waals surface area contributed by atoms with Crippen molar-refractivity contribution in [2.75, 3.05) is 20.0 Å². The number of methoxy groups -OCH3 is 2. The fourth-order valence-corrected chi connectivity index (χ4v) is 1.98. The van der Waals surface area contributed by atoms with E-state index >= 15 is 0 Å². The van der Waals surface area contributed by atoms with Crippen LogP contribution >= 0.6 is 0 Å². The summed E-state index contributed by atoms with van der Waals surface area (Å²) in [5, 5.41) is 10.5. The molecule has 0 aliphatic carbocycles. The first-order valence-corrected chi connectivity index (χ1v) is 5.91. The van der Waals surface area contributed by atoms with Crippen molar-refractivity contribution in [2.45, 2.75) is 6.10 Å². The molecule has 0 saturated heterocycles. The predicted octanol–water partition coefficient (Wildman–Crippen LogP) is 2.37. The molecule has 0 radical (unpaired) electrons. The van der Waals surface area contributed by atoms with Crippen LogP contribution in [0.5, 0.6) is 11.5 Å². The summed E-state index contributed by atoms with van der Waals surface area (Å²) in [6.45, 7) is 0. The number of para-hydroxylation sites is 1. The zero-order valence-electron chi connectivity index (χ0n) is 11.0. The molecule has 0 spiro atoms. The van der Waals surface area contributed by atoms with Crippen molar-refractivity contribution in [3.8, 4) is 11.5 Å². The van der Waals surface area contributed by atoms with Gasteiger partial charge >= 0.3 is 0 Å². The lowest BCUT2D eigenvalue weighted by molar-refractivity contribution is 0.215. The zero-order chi connectivity index (χ0) is 13.8. The first-order valence-electron chi connectivity index (χ1n) is 5.91. The number of aliphatic hydroxyl groups is 1. The normalized spacial score (nSPS) is 11.9. The van der Waals surface area contributed by atoms with E-state index in [1.165, 1.54) is 0 Å². The van der Waals surface area contributed by atoms with E-state index in [0.29, 0.717) is 28.3 Å². The van der Waals surface area contributed by atoms with Crippen LogP contribution in [0, 0.1) is 0 Å². The van der Waals surface area contributed by atoms with Gasteiger partial charge in [0.25, 0.3) is 0 Å². The highest BCUT2D eigenvalue weighted by Crippen LogP contribution is 2.34. The highest BCUT2D eigenvalue weighted by molar-refractivity contribution is 5.53. The standard InChI is InChI=1S/C15H17NO3/c1-18-10-7-8-14(19-2)12(9-10)15(17)11-5-3-4-6-13(11)16/h3-9,15,17H,16H2,1-2H3. The molecule has 0 aliphatic heterocycles. The molecule has 2 aromatic rings. The van der Waals surface area contributed by atoms with Gasteiger partial charge in [0.15, 0.2) is 0 Å². The maximum Gasteiger partial charge on any atom is 0.125 e. The predicted molar refractivity (Wildman–Crippen MR) is 74.5 cm³/mol. The molecule has 19 heavy (non-hydrogen) atoms. The topological polar surface area (TPSA) is 64.7 Å². The highest BCUT2D eigenvalue weighted by atomic mass is 16.5. The Balaban J connectivity index is 2.48. The van der Waals surface area contributed by atoms with Crippen molar-refractivity contribution >= 4 is 5.69 Å². The van der Waals surface area contributed by atoms with Crippen molar-refractivity contribution in [1.82, 2.24) is 0 Å². The van der Waals surface area contributed by atoms with E-state index in [9.17, 15) is 5.11 Å². The zero-order valence-corrected chi connectivity index (χ0v) is 11.0. The van der Waals surface area contributed by atoms with E-state index in [1.807, 2.05) is 12.1 Å². The molecule has 3 N–H and O–H groups in total. The first kappa shape index (κ1) is 13.2. The molecule has 0 heterocycles. The van der Waals surface area contributed by atoms with Gasteiger partial charge < -0.3 is 20.3 Å². The smallest absolute Gasteiger partial charge is 0.125 e. The highest BCUT2D eigenvalue weighted by Gasteiger charge is 2.18.